The Balaban J connectivity index is 1.43. The van der Waals surface area contributed by atoms with Crippen molar-refractivity contribution in [3.05, 3.63) is 77.0 Å². The third kappa shape index (κ3) is 5.09. The lowest BCUT2D eigenvalue weighted by Crippen LogP contribution is -2.30. The minimum Gasteiger partial charge on any atom is -0.344 e. The molecule has 0 aliphatic carbocycles. The smallest absolute Gasteiger partial charge is 0.267 e. The molecule has 1 aromatic heterocycles. The number of aromatic nitrogens is 1. The zero-order valence-electron chi connectivity index (χ0n) is 19.7. The van der Waals surface area contributed by atoms with Crippen LogP contribution in [0.5, 0.6) is 0 Å². The molecule has 6 nitrogen and oxygen atoms in total. The average Bonchev–Trinajstić information content (AvgIpc) is 3.49. The molecule has 3 aromatic rings. The highest BCUT2D eigenvalue weighted by Crippen LogP contribution is 2.33. The Morgan fingerprint density at radius 2 is 1.82 bits per heavy atom. The molecule has 34 heavy (non-hydrogen) atoms. The molecule has 0 radical (unpaired) electrons. The van der Waals surface area contributed by atoms with Gasteiger partial charge in [-0.1, -0.05) is 36.4 Å². The number of carbonyl (C=O) groups excluding carboxylic acids is 1. The highest BCUT2D eigenvalue weighted by atomic mass is 16.5. The molecule has 5 rings (SSSR count). The minimum absolute atomic E-state index is 0.518. The second kappa shape index (κ2) is 10.6. The quantitative estimate of drug-likeness (QED) is 0.302. The summed E-state index contributed by atoms with van der Waals surface area (Å²) >= 11 is 0. The third-order valence-electron chi connectivity index (χ3n) is 7.20. The first-order valence-electron chi connectivity index (χ1n) is 12.5. The summed E-state index contributed by atoms with van der Waals surface area (Å²) in [6.07, 6.45) is 8.02. The van der Waals surface area contributed by atoms with E-state index in [1.54, 1.807) is 11.6 Å². The van der Waals surface area contributed by atoms with Crippen LogP contribution < -0.4 is 5.48 Å². The number of benzene rings is 2. The Morgan fingerprint density at radius 3 is 2.62 bits per heavy atom. The molecule has 6 heteroatoms. The van der Waals surface area contributed by atoms with E-state index in [-0.39, 0.29) is 0 Å². The lowest BCUT2D eigenvalue weighted by Gasteiger charge is -2.28. The summed E-state index contributed by atoms with van der Waals surface area (Å²) in [5, 5.41) is 10.1. The number of nitrogens with one attached hydrogen (secondary N) is 1. The number of aryl methyl sites for hydroxylation is 1. The van der Waals surface area contributed by atoms with Gasteiger partial charge < -0.3 is 9.47 Å². The molecule has 0 atom stereocenters. The number of likely N-dealkylation sites (tertiary alicyclic amines) is 1. The number of hydroxylamine groups is 1. The van der Waals surface area contributed by atoms with E-state index in [1.807, 2.05) is 0 Å². The first kappa shape index (κ1) is 22.8. The number of rotatable bonds is 8. The van der Waals surface area contributed by atoms with Crippen LogP contribution in [0.4, 0.5) is 0 Å². The number of fused-ring (bicyclic) bond motifs is 3. The van der Waals surface area contributed by atoms with E-state index in [2.05, 4.69) is 62.9 Å². The van der Waals surface area contributed by atoms with E-state index >= 15 is 0 Å². The summed E-state index contributed by atoms with van der Waals surface area (Å²) in [5.41, 5.74) is 8.15. The normalized spacial score (nSPS) is 17.0. The van der Waals surface area contributed by atoms with Crippen LogP contribution in [0, 0.1) is 0 Å². The van der Waals surface area contributed by atoms with Crippen LogP contribution in [0.3, 0.4) is 0 Å². The average molecular weight is 459 g/mol. The third-order valence-corrected chi connectivity index (χ3v) is 7.20. The highest BCUT2D eigenvalue weighted by Gasteiger charge is 2.24. The summed E-state index contributed by atoms with van der Waals surface area (Å²) in [7, 11) is 0. The van der Waals surface area contributed by atoms with E-state index in [1.165, 1.54) is 72.7 Å². The van der Waals surface area contributed by atoms with E-state index in [0.717, 1.165) is 38.2 Å². The van der Waals surface area contributed by atoms with Crippen molar-refractivity contribution >= 4 is 22.9 Å². The molecule has 2 N–H and O–H groups in total. The van der Waals surface area contributed by atoms with Crippen molar-refractivity contribution in [1.29, 1.82) is 0 Å². The number of hydrogen-bond acceptors (Lipinski definition) is 4. The zero-order valence-corrected chi connectivity index (χ0v) is 19.7. The molecule has 0 unspecified atom stereocenters. The van der Waals surface area contributed by atoms with Gasteiger partial charge in [-0.15, -0.1) is 0 Å². The number of carbonyl (C=O) groups is 1. The van der Waals surface area contributed by atoms with Crippen LogP contribution >= 0.6 is 0 Å². The van der Waals surface area contributed by atoms with Gasteiger partial charge in [-0.2, -0.15) is 0 Å². The second-order valence-electron chi connectivity index (χ2n) is 9.51. The van der Waals surface area contributed by atoms with Crippen molar-refractivity contribution in [2.75, 3.05) is 26.2 Å². The first-order chi connectivity index (χ1) is 16.7. The minimum atomic E-state index is -0.518. The maximum atomic E-state index is 11.5. The number of hydrogen-bond donors (Lipinski definition) is 2. The van der Waals surface area contributed by atoms with Gasteiger partial charge in [0, 0.05) is 55.3 Å². The summed E-state index contributed by atoms with van der Waals surface area (Å²) in [6.45, 7) is 7.66. The van der Waals surface area contributed by atoms with Gasteiger partial charge in [0.1, 0.15) is 0 Å². The summed E-state index contributed by atoms with van der Waals surface area (Å²) in [4.78, 5) is 16.6. The van der Waals surface area contributed by atoms with Gasteiger partial charge >= 0.3 is 0 Å². The number of nitrogens with zero attached hydrogens (tertiary/aromatic N) is 3. The molecule has 2 aliphatic heterocycles. The molecule has 0 bridgehead atoms. The van der Waals surface area contributed by atoms with Gasteiger partial charge in [0.2, 0.25) is 0 Å². The lowest BCUT2D eigenvalue weighted by molar-refractivity contribution is -0.124. The molecule has 0 spiro atoms. The number of amides is 1. The molecule has 2 aliphatic rings. The van der Waals surface area contributed by atoms with E-state index in [0.29, 0.717) is 0 Å². The Morgan fingerprint density at radius 1 is 1.00 bits per heavy atom. The predicted molar refractivity (Wildman–Crippen MR) is 135 cm³/mol. The molecule has 0 saturated carbocycles. The molecular formula is C28H34N4O2. The molecule has 1 fully saturated rings. The van der Waals surface area contributed by atoms with Crippen molar-refractivity contribution in [3.63, 3.8) is 0 Å². The first-order valence-corrected chi connectivity index (χ1v) is 12.5. The standard InChI is InChI=1S/C28H34N4O2/c33-28(29-34)12-10-22-9-11-26-24(19-22)25-21-31(20-23-7-2-1-3-8-23)18-13-27(25)32(26)17-6-16-30-14-4-5-15-30/h1-3,7-12,19,34H,4-6,13-18,20-21H2,(H,29,33)/b12-10+. The molecular weight excluding hydrogens is 424 g/mol. The van der Waals surface area contributed by atoms with Crippen molar-refractivity contribution in [1.82, 2.24) is 19.8 Å². The van der Waals surface area contributed by atoms with Gasteiger partial charge in [0.15, 0.2) is 0 Å². The fourth-order valence-electron chi connectivity index (χ4n) is 5.53. The van der Waals surface area contributed by atoms with Crippen LogP contribution in [0.25, 0.3) is 17.0 Å². The van der Waals surface area contributed by atoms with Gasteiger partial charge in [-0.05, 0) is 73.8 Å². The Bertz CT molecular complexity index is 1160. The molecule has 1 saturated heterocycles. The van der Waals surface area contributed by atoms with E-state index < -0.39 is 5.91 Å². The van der Waals surface area contributed by atoms with Crippen LogP contribution in [-0.4, -0.2) is 51.7 Å². The Hall–Kier alpha value is -2.93. The van der Waals surface area contributed by atoms with Crippen molar-refractivity contribution in [2.24, 2.45) is 0 Å². The summed E-state index contributed by atoms with van der Waals surface area (Å²) in [6, 6.07) is 17.1. The monoisotopic (exact) mass is 458 g/mol. The maximum Gasteiger partial charge on any atom is 0.267 e. The second-order valence-corrected chi connectivity index (χ2v) is 9.51. The molecule has 178 valence electrons. The van der Waals surface area contributed by atoms with Crippen LogP contribution in [-0.2, 0) is 30.8 Å². The Labute approximate surface area is 201 Å². The van der Waals surface area contributed by atoms with Crippen LogP contribution in [0.2, 0.25) is 0 Å². The lowest BCUT2D eigenvalue weighted by atomic mass is 10.0. The van der Waals surface area contributed by atoms with Crippen molar-refractivity contribution in [2.45, 2.75) is 45.3 Å². The fraction of sp³-hybridized carbons (Fsp3) is 0.393. The van der Waals surface area contributed by atoms with Gasteiger partial charge in [0.25, 0.3) is 5.91 Å². The van der Waals surface area contributed by atoms with Crippen LogP contribution in [0.1, 0.15) is 41.6 Å². The molecule has 3 heterocycles. The van der Waals surface area contributed by atoms with Crippen molar-refractivity contribution in [3.8, 4) is 0 Å². The summed E-state index contributed by atoms with van der Waals surface area (Å²) in [5.74, 6) is -0.518. The predicted octanol–water partition coefficient (Wildman–Crippen LogP) is 4.20. The largest absolute Gasteiger partial charge is 0.344 e. The Kier molecular flexibility index (Phi) is 7.09. The van der Waals surface area contributed by atoms with E-state index in [9.17, 15) is 4.79 Å². The van der Waals surface area contributed by atoms with Crippen LogP contribution in [0.15, 0.2) is 54.6 Å². The van der Waals surface area contributed by atoms with E-state index in [4.69, 9.17) is 5.21 Å². The maximum absolute atomic E-state index is 11.5. The van der Waals surface area contributed by atoms with Gasteiger partial charge in [-0.3, -0.25) is 14.9 Å². The summed E-state index contributed by atoms with van der Waals surface area (Å²) < 4.78 is 2.55. The van der Waals surface area contributed by atoms with Gasteiger partial charge in [0.05, 0.1) is 0 Å². The van der Waals surface area contributed by atoms with Crippen molar-refractivity contribution < 1.29 is 10.0 Å². The topological polar surface area (TPSA) is 60.7 Å². The van der Waals surface area contributed by atoms with Gasteiger partial charge in [-0.25, -0.2) is 5.48 Å². The highest BCUT2D eigenvalue weighted by molar-refractivity contribution is 5.93. The fourth-order valence-corrected chi connectivity index (χ4v) is 5.53. The SMILES string of the molecule is O=C(/C=C/c1ccc2c(c1)c1c(n2CCCN2CCCC2)CCN(Cc2ccccc2)C1)NO. The molecule has 1 amide bonds. The zero-order chi connectivity index (χ0) is 23.3. The molecule has 2 aromatic carbocycles.